The van der Waals surface area contributed by atoms with Crippen molar-refractivity contribution in [2.75, 3.05) is 20.3 Å². The SMILES string of the molecule is CCOC(=O)c1nnn(CC2CC(SCc3ccc(OC)cc3)CN2S(=O)(=O)c2ccc3ccccc3c2)c1C. The number of hydrogen-bond acceptors (Lipinski definition) is 8. The minimum absolute atomic E-state index is 0.0793. The van der Waals surface area contributed by atoms with Gasteiger partial charge in [0.15, 0.2) is 5.69 Å². The molecule has 210 valence electrons. The number of hydrogen-bond donors (Lipinski definition) is 0. The zero-order valence-corrected chi connectivity index (χ0v) is 24.3. The van der Waals surface area contributed by atoms with E-state index in [9.17, 15) is 13.2 Å². The molecule has 0 spiro atoms. The van der Waals surface area contributed by atoms with E-state index < -0.39 is 16.0 Å². The summed E-state index contributed by atoms with van der Waals surface area (Å²) >= 11 is 1.74. The van der Waals surface area contributed by atoms with Crippen molar-refractivity contribution in [3.63, 3.8) is 0 Å². The number of fused-ring (bicyclic) bond motifs is 1. The molecule has 0 bridgehead atoms. The van der Waals surface area contributed by atoms with Crippen molar-refractivity contribution in [3.8, 4) is 5.75 Å². The summed E-state index contributed by atoms with van der Waals surface area (Å²) < 4.78 is 41.6. The van der Waals surface area contributed by atoms with Gasteiger partial charge in [0.2, 0.25) is 10.0 Å². The van der Waals surface area contributed by atoms with Gasteiger partial charge in [0.25, 0.3) is 0 Å². The maximum absolute atomic E-state index is 14.0. The molecule has 11 heteroatoms. The van der Waals surface area contributed by atoms with Crippen LogP contribution in [0.3, 0.4) is 0 Å². The summed E-state index contributed by atoms with van der Waals surface area (Å²) in [5.74, 6) is 1.01. The van der Waals surface area contributed by atoms with Crippen LogP contribution in [-0.2, 0) is 27.1 Å². The monoisotopic (exact) mass is 580 g/mol. The number of esters is 1. The lowest BCUT2D eigenvalue weighted by atomic mass is 10.1. The average Bonchev–Trinajstić information content (AvgIpc) is 3.55. The molecular formula is C29H32N4O5S2. The Morgan fingerprint density at radius 2 is 1.82 bits per heavy atom. The number of thioether (sulfide) groups is 1. The number of rotatable bonds is 10. The van der Waals surface area contributed by atoms with Crippen molar-refractivity contribution in [3.05, 3.63) is 83.7 Å². The van der Waals surface area contributed by atoms with Gasteiger partial charge in [-0.1, -0.05) is 47.7 Å². The van der Waals surface area contributed by atoms with Crippen LogP contribution in [0.5, 0.6) is 5.75 Å². The fourth-order valence-corrected chi connectivity index (χ4v) is 7.99. The van der Waals surface area contributed by atoms with E-state index in [0.29, 0.717) is 18.7 Å². The van der Waals surface area contributed by atoms with E-state index in [-0.39, 0.29) is 35.0 Å². The van der Waals surface area contributed by atoms with Crippen molar-refractivity contribution >= 4 is 38.5 Å². The van der Waals surface area contributed by atoms with Crippen LogP contribution in [0.15, 0.2) is 71.6 Å². The van der Waals surface area contributed by atoms with E-state index in [1.807, 2.05) is 54.6 Å². The van der Waals surface area contributed by atoms with Crippen LogP contribution in [0.1, 0.15) is 35.1 Å². The standard InChI is InChI=1S/C29H32N4O5S2/c1-4-38-29(34)28-20(2)32(31-30-28)17-24-16-26(39-19-21-9-12-25(37-3)13-10-21)18-33(24)40(35,36)27-14-11-22-7-5-6-8-23(22)15-27/h5-15,24,26H,4,16-19H2,1-3H3. The predicted molar refractivity (Wildman–Crippen MR) is 155 cm³/mol. The molecule has 0 amide bonds. The summed E-state index contributed by atoms with van der Waals surface area (Å²) in [5.41, 5.74) is 1.84. The molecule has 3 aromatic carbocycles. The van der Waals surface area contributed by atoms with Gasteiger partial charge in [-0.15, -0.1) is 5.10 Å². The number of ether oxygens (including phenoxy) is 2. The molecule has 1 saturated heterocycles. The second kappa shape index (κ2) is 12.0. The molecular weight excluding hydrogens is 548 g/mol. The van der Waals surface area contributed by atoms with Crippen LogP contribution in [0, 0.1) is 6.92 Å². The van der Waals surface area contributed by atoms with Crippen molar-refractivity contribution in [2.45, 2.75) is 48.8 Å². The molecule has 2 unspecified atom stereocenters. The highest BCUT2D eigenvalue weighted by molar-refractivity contribution is 7.99. The number of methoxy groups -OCH3 is 1. The number of sulfonamides is 1. The first-order chi connectivity index (χ1) is 19.3. The van der Waals surface area contributed by atoms with Crippen molar-refractivity contribution < 1.29 is 22.7 Å². The lowest BCUT2D eigenvalue weighted by Crippen LogP contribution is -2.38. The van der Waals surface area contributed by atoms with Crippen molar-refractivity contribution in [1.29, 1.82) is 0 Å². The number of benzene rings is 3. The van der Waals surface area contributed by atoms with Gasteiger partial charge in [0.1, 0.15) is 5.75 Å². The quantitative estimate of drug-likeness (QED) is 0.249. The number of carbonyl (C=O) groups is 1. The van der Waals surface area contributed by atoms with E-state index in [4.69, 9.17) is 9.47 Å². The third-order valence-electron chi connectivity index (χ3n) is 7.13. The van der Waals surface area contributed by atoms with E-state index in [0.717, 1.165) is 27.8 Å². The number of carbonyl (C=O) groups excluding carboxylic acids is 1. The van der Waals surface area contributed by atoms with E-state index in [2.05, 4.69) is 10.3 Å². The zero-order chi connectivity index (χ0) is 28.3. The van der Waals surface area contributed by atoms with Gasteiger partial charge in [-0.05, 0) is 60.9 Å². The molecule has 5 rings (SSSR count). The molecule has 1 aromatic heterocycles. The lowest BCUT2D eigenvalue weighted by molar-refractivity contribution is 0.0518. The largest absolute Gasteiger partial charge is 0.497 e. The fraction of sp³-hybridized carbons (Fsp3) is 0.345. The van der Waals surface area contributed by atoms with Crippen LogP contribution in [0.2, 0.25) is 0 Å². The zero-order valence-electron chi connectivity index (χ0n) is 22.7. The fourth-order valence-electron chi connectivity index (χ4n) is 4.95. The molecule has 0 N–H and O–H groups in total. The summed E-state index contributed by atoms with van der Waals surface area (Å²) in [5, 5.41) is 10.1. The third kappa shape index (κ3) is 5.86. The number of aromatic nitrogens is 3. The molecule has 9 nitrogen and oxygen atoms in total. The Balaban J connectivity index is 1.41. The van der Waals surface area contributed by atoms with Crippen molar-refractivity contribution in [2.24, 2.45) is 0 Å². The summed E-state index contributed by atoms with van der Waals surface area (Å²) in [4.78, 5) is 12.6. The Labute approximate surface area is 238 Å². The van der Waals surface area contributed by atoms with Crippen LogP contribution in [-0.4, -0.2) is 65.2 Å². The highest BCUT2D eigenvalue weighted by Gasteiger charge is 2.41. The molecule has 0 aliphatic carbocycles. The molecule has 0 radical (unpaired) electrons. The van der Waals surface area contributed by atoms with Gasteiger partial charge < -0.3 is 9.47 Å². The van der Waals surface area contributed by atoms with Gasteiger partial charge in [-0.25, -0.2) is 17.9 Å². The van der Waals surface area contributed by atoms with E-state index >= 15 is 0 Å². The Hall–Kier alpha value is -3.41. The maximum Gasteiger partial charge on any atom is 0.360 e. The molecule has 0 saturated carbocycles. The molecule has 4 aromatic rings. The lowest BCUT2D eigenvalue weighted by Gasteiger charge is -2.24. The summed E-state index contributed by atoms with van der Waals surface area (Å²) in [6.45, 7) is 4.37. The van der Waals surface area contributed by atoms with E-state index in [1.54, 1.807) is 53.8 Å². The second-order valence-corrected chi connectivity index (χ2v) is 12.9. The highest BCUT2D eigenvalue weighted by Crippen LogP contribution is 2.35. The third-order valence-corrected chi connectivity index (χ3v) is 10.4. The van der Waals surface area contributed by atoms with Crippen LogP contribution < -0.4 is 4.74 Å². The average molecular weight is 581 g/mol. The first-order valence-electron chi connectivity index (χ1n) is 13.1. The second-order valence-electron chi connectivity index (χ2n) is 9.68. The Morgan fingerprint density at radius 3 is 2.55 bits per heavy atom. The molecule has 1 aliphatic heterocycles. The molecule has 2 atom stereocenters. The first kappa shape index (κ1) is 28.1. The smallest absolute Gasteiger partial charge is 0.360 e. The predicted octanol–water partition coefficient (Wildman–Crippen LogP) is 4.69. The minimum Gasteiger partial charge on any atom is -0.497 e. The van der Waals surface area contributed by atoms with Crippen molar-refractivity contribution in [1.82, 2.24) is 19.3 Å². The maximum atomic E-state index is 14.0. The summed E-state index contributed by atoms with van der Waals surface area (Å²) in [7, 11) is -2.17. The first-order valence-corrected chi connectivity index (χ1v) is 15.6. The van der Waals surface area contributed by atoms with Gasteiger partial charge in [-0.2, -0.15) is 16.1 Å². The van der Waals surface area contributed by atoms with Crippen LogP contribution >= 0.6 is 11.8 Å². The van der Waals surface area contributed by atoms with Gasteiger partial charge in [-0.3, -0.25) is 0 Å². The van der Waals surface area contributed by atoms with Crippen LogP contribution in [0.25, 0.3) is 10.8 Å². The Kier molecular flexibility index (Phi) is 8.43. The normalized spacial score (nSPS) is 17.8. The summed E-state index contributed by atoms with van der Waals surface area (Å²) in [6, 6.07) is 20.5. The van der Waals surface area contributed by atoms with E-state index in [1.165, 1.54) is 0 Å². The van der Waals surface area contributed by atoms with Gasteiger partial charge >= 0.3 is 5.97 Å². The molecule has 40 heavy (non-hydrogen) atoms. The minimum atomic E-state index is -3.80. The molecule has 1 aliphatic rings. The summed E-state index contributed by atoms with van der Waals surface area (Å²) in [6.07, 6.45) is 0.641. The van der Waals surface area contributed by atoms with Gasteiger partial charge in [0.05, 0.1) is 30.9 Å². The Bertz CT molecular complexity index is 1600. The molecule has 2 heterocycles. The highest BCUT2D eigenvalue weighted by atomic mass is 32.2. The topological polar surface area (TPSA) is 104 Å². The van der Waals surface area contributed by atoms with Gasteiger partial charge in [0, 0.05) is 23.6 Å². The molecule has 1 fully saturated rings. The number of nitrogens with zero attached hydrogens (tertiary/aromatic N) is 4. The Morgan fingerprint density at radius 1 is 1.07 bits per heavy atom. The van der Waals surface area contributed by atoms with Crippen LogP contribution in [0.4, 0.5) is 0 Å².